The highest BCUT2D eigenvalue weighted by Crippen LogP contribution is 2.33. The van der Waals surface area contributed by atoms with Crippen LogP contribution in [0, 0.1) is 0 Å². The van der Waals surface area contributed by atoms with Gasteiger partial charge in [-0.15, -0.1) is 0 Å². The summed E-state index contributed by atoms with van der Waals surface area (Å²) in [6, 6.07) is 6.38. The van der Waals surface area contributed by atoms with Crippen LogP contribution in [0.25, 0.3) is 11.0 Å². The molecule has 0 spiro atoms. The van der Waals surface area contributed by atoms with Crippen LogP contribution < -0.4 is 10.6 Å². The molecule has 2 heterocycles. The second-order valence-electron chi connectivity index (χ2n) is 5.00. The van der Waals surface area contributed by atoms with Crippen molar-refractivity contribution in [2.24, 2.45) is 5.73 Å². The van der Waals surface area contributed by atoms with Crippen LogP contribution in [-0.2, 0) is 6.42 Å². The Bertz CT molecular complexity index is 526. The molecule has 96 valence electrons. The highest BCUT2D eigenvalue weighted by Gasteiger charge is 2.18. The summed E-state index contributed by atoms with van der Waals surface area (Å²) < 4.78 is 5.71. The smallest absolute Gasteiger partial charge is 0.157 e. The molecule has 1 aromatic heterocycles. The summed E-state index contributed by atoms with van der Waals surface area (Å²) >= 11 is 0. The van der Waals surface area contributed by atoms with Gasteiger partial charge in [0, 0.05) is 18.5 Å². The van der Waals surface area contributed by atoms with Gasteiger partial charge in [0.2, 0.25) is 0 Å². The largest absolute Gasteiger partial charge is 0.462 e. The summed E-state index contributed by atoms with van der Waals surface area (Å²) in [4.78, 5) is 2.47. The van der Waals surface area contributed by atoms with E-state index in [0.717, 1.165) is 25.1 Å². The Hall–Kier alpha value is -1.48. The van der Waals surface area contributed by atoms with Gasteiger partial charge < -0.3 is 15.1 Å². The first kappa shape index (κ1) is 11.6. The Kier molecular flexibility index (Phi) is 3.24. The van der Waals surface area contributed by atoms with Crippen molar-refractivity contribution in [3.05, 3.63) is 30.0 Å². The summed E-state index contributed by atoms with van der Waals surface area (Å²) in [6.07, 6.45) is 6.60. The fraction of sp³-hybridized carbons (Fsp3) is 0.467. The van der Waals surface area contributed by atoms with Gasteiger partial charge in [0.15, 0.2) is 5.58 Å². The van der Waals surface area contributed by atoms with Gasteiger partial charge in [-0.3, -0.25) is 0 Å². The van der Waals surface area contributed by atoms with Gasteiger partial charge >= 0.3 is 0 Å². The second-order valence-corrected chi connectivity index (χ2v) is 5.00. The fourth-order valence-corrected chi connectivity index (χ4v) is 2.88. The van der Waals surface area contributed by atoms with Crippen LogP contribution >= 0.6 is 0 Å². The molecule has 2 aromatic rings. The van der Waals surface area contributed by atoms with E-state index in [-0.39, 0.29) is 0 Å². The number of nitrogens with two attached hydrogens (primary N) is 1. The SMILES string of the molecule is NCCc1ccc2ccoc2c1N1CCCCC1. The van der Waals surface area contributed by atoms with Gasteiger partial charge in [-0.2, -0.15) is 0 Å². The van der Waals surface area contributed by atoms with E-state index in [1.807, 2.05) is 6.07 Å². The highest BCUT2D eigenvalue weighted by atomic mass is 16.3. The zero-order valence-corrected chi connectivity index (χ0v) is 10.7. The van der Waals surface area contributed by atoms with E-state index in [1.54, 1.807) is 6.26 Å². The van der Waals surface area contributed by atoms with Gasteiger partial charge in [-0.05, 0) is 43.9 Å². The average Bonchev–Trinajstić information content (AvgIpc) is 2.88. The summed E-state index contributed by atoms with van der Waals surface area (Å²) in [5, 5.41) is 1.19. The zero-order chi connectivity index (χ0) is 12.4. The van der Waals surface area contributed by atoms with Gasteiger partial charge in [-0.25, -0.2) is 0 Å². The van der Waals surface area contributed by atoms with E-state index in [0.29, 0.717) is 6.54 Å². The molecule has 0 unspecified atom stereocenters. The predicted octanol–water partition coefficient (Wildman–Crippen LogP) is 2.92. The van der Waals surface area contributed by atoms with Crippen molar-refractivity contribution in [2.75, 3.05) is 24.5 Å². The lowest BCUT2D eigenvalue weighted by Crippen LogP contribution is -2.30. The number of nitrogens with zero attached hydrogens (tertiary/aromatic N) is 1. The van der Waals surface area contributed by atoms with Crippen molar-refractivity contribution >= 4 is 16.7 Å². The van der Waals surface area contributed by atoms with Crippen LogP contribution in [0.15, 0.2) is 28.9 Å². The van der Waals surface area contributed by atoms with Crippen molar-refractivity contribution < 1.29 is 4.42 Å². The summed E-state index contributed by atoms with van der Waals surface area (Å²) in [5.74, 6) is 0. The third-order valence-electron chi connectivity index (χ3n) is 3.76. The molecule has 0 aliphatic carbocycles. The first-order valence-corrected chi connectivity index (χ1v) is 6.84. The Morgan fingerprint density at radius 2 is 1.94 bits per heavy atom. The van der Waals surface area contributed by atoms with E-state index in [9.17, 15) is 0 Å². The van der Waals surface area contributed by atoms with Crippen LogP contribution in [0.3, 0.4) is 0 Å². The number of benzene rings is 1. The van der Waals surface area contributed by atoms with Crippen LogP contribution in [0.2, 0.25) is 0 Å². The molecule has 3 rings (SSSR count). The summed E-state index contributed by atoms with van der Waals surface area (Å²) in [7, 11) is 0. The van der Waals surface area contributed by atoms with Crippen molar-refractivity contribution in [2.45, 2.75) is 25.7 Å². The molecule has 18 heavy (non-hydrogen) atoms. The number of piperidine rings is 1. The minimum atomic E-state index is 0.688. The van der Waals surface area contributed by atoms with Crippen molar-refractivity contribution in [3.63, 3.8) is 0 Å². The maximum Gasteiger partial charge on any atom is 0.157 e. The Morgan fingerprint density at radius 1 is 1.11 bits per heavy atom. The first-order valence-electron chi connectivity index (χ1n) is 6.84. The molecule has 3 heteroatoms. The minimum absolute atomic E-state index is 0.688. The van der Waals surface area contributed by atoms with Crippen LogP contribution in [-0.4, -0.2) is 19.6 Å². The second kappa shape index (κ2) is 5.02. The third kappa shape index (κ3) is 1.99. The monoisotopic (exact) mass is 244 g/mol. The van der Waals surface area contributed by atoms with Crippen molar-refractivity contribution in [3.8, 4) is 0 Å². The predicted molar refractivity (Wildman–Crippen MR) is 75.0 cm³/mol. The maximum atomic E-state index is 5.73. The molecule has 0 atom stereocenters. The number of hydrogen-bond acceptors (Lipinski definition) is 3. The molecule has 1 aromatic carbocycles. The lowest BCUT2D eigenvalue weighted by atomic mass is 10.0. The number of hydrogen-bond donors (Lipinski definition) is 1. The molecule has 1 fully saturated rings. The Labute approximate surface area is 108 Å². The van der Waals surface area contributed by atoms with Crippen LogP contribution in [0.4, 0.5) is 5.69 Å². The molecule has 0 radical (unpaired) electrons. The van der Waals surface area contributed by atoms with Crippen LogP contribution in [0.1, 0.15) is 24.8 Å². The van der Waals surface area contributed by atoms with Gasteiger partial charge in [-0.1, -0.05) is 12.1 Å². The quantitative estimate of drug-likeness (QED) is 0.902. The van der Waals surface area contributed by atoms with E-state index < -0.39 is 0 Å². The summed E-state index contributed by atoms with van der Waals surface area (Å²) in [6.45, 7) is 2.96. The molecule has 0 bridgehead atoms. The third-order valence-corrected chi connectivity index (χ3v) is 3.76. The van der Waals surface area contributed by atoms with E-state index >= 15 is 0 Å². The molecular weight excluding hydrogens is 224 g/mol. The molecule has 1 saturated heterocycles. The normalized spacial score (nSPS) is 16.4. The van der Waals surface area contributed by atoms with E-state index in [2.05, 4.69) is 17.0 Å². The number of anilines is 1. The Balaban J connectivity index is 2.09. The highest BCUT2D eigenvalue weighted by molar-refractivity contribution is 5.91. The first-order chi connectivity index (χ1) is 8.90. The minimum Gasteiger partial charge on any atom is -0.462 e. The molecule has 2 N–H and O–H groups in total. The average molecular weight is 244 g/mol. The van der Waals surface area contributed by atoms with E-state index in [4.69, 9.17) is 10.2 Å². The standard InChI is InChI=1S/C15H20N2O/c16-8-6-12-4-5-13-7-11-18-15(13)14(12)17-9-2-1-3-10-17/h4-5,7,11H,1-3,6,8-10,16H2. The van der Waals surface area contributed by atoms with Crippen LogP contribution in [0.5, 0.6) is 0 Å². The molecular formula is C15H20N2O. The molecule has 1 aliphatic heterocycles. The van der Waals surface area contributed by atoms with Crippen molar-refractivity contribution in [1.82, 2.24) is 0 Å². The number of fused-ring (bicyclic) bond motifs is 1. The zero-order valence-electron chi connectivity index (χ0n) is 10.7. The Morgan fingerprint density at radius 3 is 2.72 bits per heavy atom. The molecule has 0 amide bonds. The van der Waals surface area contributed by atoms with Gasteiger partial charge in [0.05, 0.1) is 12.0 Å². The summed E-state index contributed by atoms with van der Waals surface area (Å²) in [5.41, 5.74) is 9.36. The number of rotatable bonds is 3. The van der Waals surface area contributed by atoms with E-state index in [1.165, 1.54) is 35.9 Å². The lowest BCUT2D eigenvalue weighted by Gasteiger charge is -2.30. The molecule has 1 aliphatic rings. The topological polar surface area (TPSA) is 42.4 Å². The molecule has 0 saturated carbocycles. The van der Waals surface area contributed by atoms with Gasteiger partial charge in [0.1, 0.15) is 0 Å². The maximum absolute atomic E-state index is 5.73. The number of furan rings is 1. The van der Waals surface area contributed by atoms with Gasteiger partial charge in [0.25, 0.3) is 0 Å². The fourth-order valence-electron chi connectivity index (χ4n) is 2.88. The van der Waals surface area contributed by atoms with Crippen molar-refractivity contribution in [1.29, 1.82) is 0 Å². The lowest BCUT2D eigenvalue weighted by molar-refractivity contribution is 0.567. The molecule has 3 nitrogen and oxygen atoms in total.